The molecular weight excluding hydrogens is 245 g/mol. The van der Waals surface area contributed by atoms with Crippen LogP contribution in [0.1, 0.15) is 25.7 Å². The summed E-state index contributed by atoms with van der Waals surface area (Å²) in [5, 5.41) is 13.5. The SMILES string of the molecule is O[C@H]1CCCC[C@H]1Nc1ncnc2cccc(F)c12. The molecule has 0 amide bonds. The maximum Gasteiger partial charge on any atom is 0.140 e. The summed E-state index contributed by atoms with van der Waals surface area (Å²) in [6, 6.07) is 4.71. The van der Waals surface area contributed by atoms with Crippen LogP contribution in [-0.4, -0.2) is 27.2 Å². The van der Waals surface area contributed by atoms with Gasteiger partial charge in [0.2, 0.25) is 0 Å². The number of nitrogens with zero attached hydrogens (tertiary/aromatic N) is 2. The largest absolute Gasteiger partial charge is 0.391 e. The fraction of sp³-hybridized carbons (Fsp3) is 0.429. The average molecular weight is 261 g/mol. The second kappa shape index (κ2) is 5.09. The van der Waals surface area contributed by atoms with Gasteiger partial charge in [-0.2, -0.15) is 0 Å². The first-order chi connectivity index (χ1) is 9.25. The van der Waals surface area contributed by atoms with Crippen LogP contribution in [0.5, 0.6) is 0 Å². The van der Waals surface area contributed by atoms with Crippen LogP contribution in [0.3, 0.4) is 0 Å². The van der Waals surface area contributed by atoms with Gasteiger partial charge in [-0.25, -0.2) is 14.4 Å². The predicted molar refractivity (Wildman–Crippen MR) is 71.4 cm³/mol. The van der Waals surface area contributed by atoms with E-state index in [2.05, 4.69) is 15.3 Å². The summed E-state index contributed by atoms with van der Waals surface area (Å²) >= 11 is 0. The third kappa shape index (κ3) is 2.38. The Morgan fingerprint density at radius 3 is 2.89 bits per heavy atom. The Balaban J connectivity index is 1.96. The van der Waals surface area contributed by atoms with Crippen molar-refractivity contribution in [3.05, 3.63) is 30.3 Å². The lowest BCUT2D eigenvalue weighted by Gasteiger charge is -2.29. The topological polar surface area (TPSA) is 58.0 Å². The van der Waals surface area contributed by atoms with E-state index in [4.69, 9.17) is 0 Å². The Hall–Kier alpha value is -1.75. The molecular formula is C14H16FN3O. The number of aliphatic hydroxyl groups excluding tert-OH is 1. The molecule has 19 heavy (non-hydrogen) atoms. The molecule has 0 saturated heterocycles. The summed E-state index contributed by atoms with van der Waals surface area (Å²) in [7, 11) is 0. The fourth-order valence-electron chi connectivity index (χ4n) is 2.63. The summed E-state index contributed by atoms with van der Waals surface area (Å²) in [5.41, 5.74) is 0.572. The number of aromatic nitrogens is 2. The van der Waals surface area contributed by atoms with Crippen LogP contribution < -0.4 is 5.32 Å². The predicted octanol–water partition coefficient (Wildman–Crippen LogP) is 2.48. The van der Waals surface area contributed by atoms with E-state index in [1.807, 2.05) is 0 Å². The molecule has 1 heterocycles. The van der Waals surface area contributed by atoms with Crippen molar-refractivity contribution < 1.29 is 9.50 Å². The highest BCUT2D eigenvalue weighted by Crippen LogP contribution is 2.26. The van der Waals surface area contributed by atoms with Crippen LogP contribution >= 0.6 is 0 Å². The standard InChI is InChI=1S/C14H16FN3O/c15-9-4-3-6-11-13(9)14(17-8-16-11)18-10-5-1-2-7-12(10)19/h3-4,6,8,10,12,19H,1-2,5,7H2,(H,16,17,18)/t10-,12+/m1/s1. The van der Waals surface area contributed by atoms with Gasteiger partial charge < -0.3 is 10.4 Å². The highest BCUT2D eigenvalue weighted by molar-refractivity contribution is 5.89. The molecule has 1 saturated carbocycles. The highest BCUT2D eigenvalue weighted by atomic mass is 19.1. The van der Waals surface area contributed by atoms with Gasteiger partial charge in [-0.1, -0.05) is 18.9 Å². The molecule has 0 aliphatic heterocycles. The lowest BCUT2D eigenvalue weighted by molar-refractivity contribution is 0.116. The van der Waals surface area contributed by atoms with Crippen molar-refractivity contribution in [2.24, 2.45) is 0 Å². The van der Waals surface area contributed by atoms with Gasteiger partial charge in [0.15, 0.2) is 0 Å². The molecule has 100 valence electrons. The summed E-state index contributed by atoms with van der Waals surface area (Å²) in [6.45, 7) is 0. The van der Waals surface area contributed by atoms with Gasteiger partial charge in [-0.3, -0.25) is 0 Å². The number of benzene rings is 1. The smallest absolute Gasteiger partial charge is 0.140 e. The Kier molecular flexibility index (Phi) is 3.29. The van der Waals surface area contributed by atoms with E-state index in [0.29, 0.717) is 16.7 Å². The van der Waals surface area contributed by atoms with Crippen molar-refractivity contribution in [2.45, 2.75) is 37.8 Å². The van der Waals surface area contributed by atoms with Gasteiger partial charge in [-0.05, 0) is 25.0 Å². The van der Waals surface area contributed by atoms with Crippen molar-refractivity contribution in [1.29, 1.82) is 0 Å². The minimum Gasteiger partial charge on any atom is -0.391 e. The van der Waals surface area contributed by atoms with Crippen molar-refractivity contribution in [3.8, 4) is 0 Å². The van der Waals surface area contributed by atoms with E-state index in [1.165, 1.54) is 12.4 Å². The third-order valence-electron chi connectivity index (χ3n) is 3.66. The molecule has 5 heteroatoms. The lowest BCUT2D eigenvalue weighted by Crippen LogP contribution is -2.36. The molecule has 4 nitrogen and oxygen atoms in total. The van der Waals surface area contributed by atoms with E-state index < -0.39 is 6.10 Å². The first kappa shape index (κ1) is 12.3. The Morgan fingerprint density at radius 1 is 1.21 bits per heavy atom. The van der Waals surface area contributed by atoms with Crippen molar-refractivity contribution in [1.82, 2.24) is 9.97 Å². The zero-order chi connectivity index (χ0) is 13.2. The summed E-state index contributed by atoms with van der Waals surface area (Å²) in [6.07, 6.45) is 4.78. The lowest BCUT2D eigenvalue weighted by atomic mass is 9.92. The average Bonchev–Trinajstić information content (AvgIpc) is 2.42. The van der Waals surface area contributed by atoms with Crippen LogP contribution in [0.2, 0.25) is 0 Å². The van der Waals surface area contributed by atoms with Crippen molar-refractivity contribution in [3.63, 3.8) is 0 Å². The summed E-state index contributed by atoms with van der Waals surface area (Å²) in [5.74, 6) is 0.125. The van der Waals surface area contributed by atoms with Gasteiger partial charge >= 0.3 is 0 Å². The number of hydrogen-bond acceptors (Lipinski definition) is 4. The van der Waals surface area contributed by atoms with Crippen LogP contribution in [0.25, 0.3) is 10.9 Å². The van der Waals surface area contributed by atoms with Crippen LogP contribution in [0, 0.1) is 5.82 Å². The van der Waals surface area contributed by atoms with Crippen molar-refractivity contribution in [2.75, 3.05) is 5.32 Å². The molecule has 1 aromatic carbocycles. The van der Waals surface area contributed by atoms with Crippen LogP contribution in [-0.2, 0) is 0 Å². The molecule has 2 aromatic rings. The van der Waals surface area contributed by atoms with E-state index in [0.717, 1.165) is 25.7 Å². The monoisotopic (exact) mass is 261 g/mol. The number of hydrogen-bond donors (Lipinski definition) is 2. The Morgan fingerprint density at radius 2 is 2.05 bits per heavy atom. The second-order valence-corrected chi connectivity index (χ2v) is 4.96. The Labute approximate surface area is 110 Å². The fourth-order valence-corrected chi connectivity index (χ4v) is 2.63. The second-order valence-electron chi connectivity index (χ2n) is 4.96. The van der Waals surface area contributed by atoms with E-state index in [1.54, 1.807) is 12.1 Å². The molecule has 0 unspecified atom stereocenters. The Bertz CT molecular complexity index is 585. The van der Waals surface area contributed by atoms with Gasteiger partial charge in [0, 0.05) is 0 Å². The molecule has 1 fully saturated rings. The van der Waals surface area contributed by atoms with Gasteiger partial charge in [-0.15, -0.1) is 0 Å². The maximum absolute atomic E-state index is 13.9. The van der Waals surface area contributed by atoms with E-state index in [-0.39, 0.29) is 11.9 Å². The van der Waals surface area contributed by atoms with Crippen LogP contribution in [0.15, 0.2) is 24.5 Å². The first-order valence-corrected chi connectivity index (χ1v) is 6.59. The van der Waals surface area contributed by atoms with Gasteiger partial charge in [0.05, 0.1) is 23.0 Å². The summed E-state index contributed by atoms with van der Waals surface area (Å²) < 4.78 is 13.9. The summed E-state index contributed by atoms with van der Waals surface area (Å²) in [4.78, 5) is 8.18. The van der Waals surface area contributed by atoms with Gasteiger partial charge in [0.1, 0.15) is 18.0 Å². The molecule has 0 bridgehead atoms. The molecule has 1 aliphatic carbocycles. The van der Waals surface area contributed by atoms with Crippen LogP contribution in [0.4, 0.5) is 10.2 Å². The number of halogens is 1. The first-order valence-electron chi connectivity index (χ1n) is 6.59. The zero-order valence-electron chi connectivity index (χ0n) is 10.5. The number of nitrogens with one attached hydrogen (secondary N) is 1. The number of anilines is 1. The minimum atomic E-state index is -0.398. The molecule has 2 N–H and O–H groups in total. The zero-order valence-corrected chi connectivity index (χ0v) is 10.5. The number of rotatable bonds is 2. The molecule has 1 aromatic heterocycles. The molecule has 0 radical (unpaired) electrons. The quantitative estimate of drug-likeness (QED) is 0.872. The number of fused-ring (bicyclic) bond motifs is 1. The van der Waals surface area contributed by atoms with Gasteiger partial charge in [0.25, 0.3) is 0 Å². The number of aliphatic hydroxyl groups is 1. The normalized spacial score (nSPS) is 23.5. The minimum absolute atomic E-state index is 0.0635. The van der Waals surface area contributed by atoms with E-state index >= 15 is 0 Å². The van der Waals surface area contributed by atoms with E-state index in [9.17, 15) is 9.50 Å². The highest BCUT2D eigenvalue weighted by Gasteiger charge is 2.24. The molecule has 3 rings (SSSR count). The third-order valence-corrected chi connectivity index (χ3v) is 3.66. The molecule has 2 atom stereocenters. The molecule has 1 aliphatic rings. The molecule has 0 spiro atoms. The van der Waals surface area contributed by atoms with Crippen molar-refractivity contribution >= 4 is 16.7 Å². The maximum atomic E-state index is 13.9.